The Kier molecular flexibility index (Phi) is 4.68. The van der Waals surface area contributed by atoms with E-state index in [2.05, 4.69) is 4.72 Å². The summed E-state index contributed by atoms with van der Waals surface area (Å²) in [6.07, 6.45) is 2.93. The monoisotopic (exact) mass is 310 g/mol. The molecule has 0 saturated carbocycles. The predicted molar refractivity (Wildman–Crippen MR) is 82.3 cm³/mol. The third-order valence-corrected chi connectivity index (χ3v) is 4.54. The van der Waals surface area contributed by atoms with Gasteiger partial charge in [-0.15, -0.1) is 0 Å². The van der Waals surface area contributed by atoms with Crippen molar-refractivity contribution in [2.24, 2.45) is 0 Å². The average molecular weight is 310 g/mol. The molecule has 2 rings (SSSR count). The van der Waals surface area contributed by atoms with E-state index in [9.17, 15) is 13.2 Å². The number of likely N-dealkylation sites (tertiary alicyclic amines) is 1. The molecule has 0 radical (unpaired) electrons. The van der Waals surface area contributed by atoms with E-state index < -0.39 is 16.1 Å². The second kappa shape index (κ2) is 6.15. The zero-order valence-electron chi connectivity index (χ0n) is 12.7. The molecule has 1 saturated heterocycles. The Bertz CT molecular complexity index is 610. The number of rotatable bonds is 4. The summed E-state index contributed by atoms with van der Waals surface area (Å²) >= 11 is 0. The molecule has 1 aliphatic heterocycles. The number of sulfonamides is 1. The van der Waals surface area contributed by atoms with Crippen LogP contribution in [0.2, 0.25) is 0 Å². The van der Waals surface area contributed by atoms with Crippen LogP contribution in [0.1, 0.15) is 36.9 Å². The molecule has 21 heavy (non-hydrogen) atoms. The summed E-state index contributed by atoms with van der Waals surface area (Å²) in [6.45, 7) is 4.29. The van der Waals surface area contributed by atoms with E-state index in [1.165, 1.54) is 5.56 Å². The molecule has 1 aromatic carbocycles. The zero-order chi connectivity index (χ0) is 15.6. The average Bonchev–Trinajstić information content (AvgIpc) is 2.85. The summed E-state index contributed by atoms with van der Waals surface area (Å²) in [5, 5.41) is 0. The molecule has 6 heteroatoms. The van der Waals surface area contributed by atoms with E-state index in [1.807, 2.05) is 31.2 Å². The largest absolute Gasteiger partial charge is 0.334 e. The molecule has 1 aliphatic rings. The second-order valence-corrected chi connectivity index (χ2v) is 7.49. The Morgan fingerprint density at radius 2 is 1.95 bits per heavy atom. The molecule has 1 N–H and O–H groups in total. The van der Waals surface area contributed by atoms with Crippen molar-refractivity contribution in [1.82, 2.24) is 9.62 Å². The smallest absolute Gasteiger partial charge is 0.240 e. The van der Waals surface area contributed by atoms with Gasteiger partial charge in [0.2, 0.25) is 15.9 Å². The van der Waals surface area contributed by atoms with E-state index >= 15 is 0 Å². The van der Waals surface area contributed by atoms with Crippen LogP contribution in [0.4, 0.5) is 0 Å². The van der Waals surface area contributed by atoms with Crippen molar-refractivity contribution in [3.05, 3.63) is 35.4 Å². The highest BCUT2D eigenvalue weighted by atomic mass is 32.2. The molecule has 2 atom stereocenters. The summed E-state index contributed by atoms with van der Waals surface area (Å²) in [5.41, 5.74) is 2.29. The molecular formula is C15H22N2O3S. The summed E-state index contributed by atoms with van der Waals surface area (Å²) in [5.74, 6) is -0.163. The summed E-state index contributed by atoms with van der Waals surface area (Å²) in [4.78, 5) is 14.3. The minimum atomic E-state index is -3.38. The molecular weight excluding hydrogens is 288 g/mol. The molecule has 0 aromatic heterocycles. The first-order valence-corrected chi connectivity index (χ1v) is 9.01. The highest BCUT2D eigenvalue weighted by molar-refractivity contribution is 7.88. The van der Waals surface area contributed by atoms with Crippen LogP contribution in [0.3, 0.4) is 0 Å². The van der Waals surface area contributed by atoms with E-state index in [0.29, 0.717) is 6.54 Å². The van der Waals surface area contributed by atoms with Crippen LogP contribution in [-0.2, 0) is 14.8 Å². The second-order valence-electron chi connectivity index (χ2n) is 5.71. The predicted octanol–water partition coefficient (Wildman–Crippen LogP) is 1.60. The fourth-order valence-corrected chi connectivity index (χ4v) is 3.53. The van der Waals surface area contributed by atoms with E-state index in [4.69, 9.17) is 0 Å². The van der Waals surface area contributed by atoms with Crippen LogP contribution in [0, 0.1) is 6.92 Å². The number of benzene rings is 1. The van der Waals surface area contributed by atoms with Gasteiger partial charge in [-0.2, -0.15) is 0 Å². The van der Waals surface area contributed by atoms with Gasteiger partial charge < -0.3 is 4.90 Å². The number of nitrogens with one attached hydrogen (secondary N) is 1. The van der Waals surface area contributed by atoms with Gasteiger partial charge in [-0.05, 0) is 32.3 Å². The van der Waals surface area contributed by atoms with E-state index in [0.717, 1.165) is 24.7 Å². The van der Waals surface area contributed by atoms with Gasteiger partial charge in [0.15, 0.2) is 0 Å². The first-order valence-electron chi connectivity index (χ1n) is 7.12. The highest BCUT2D eigenvalue weighted by Gasteiger charge is 2.33. The van der Waals surface area contributed by atoms with Gasteiger partial charge in [-0.1, -0.05) is 29.8 Å². The van der Waals surface area contributed by atoms with Gasteiger partial charge in [0, 0.05) is 6.54 Å². The third kappa shape index (κ3) is 4.04. The Balaban J connectivity index is 2.14. The maximum absolute atomic E-state index is 12.5. The lowest BCUT2D eigenvalue weighted by Crippen LogP contribution is -2.46. The maximum Gasteiger partial charge on any atom is 0.240 e. The summed E-state index contributed by atoms with van der Waals surface area (Å²) < 4.78 is 24.9. The summed E-state index contributed by atoms with van der Waals surface area (Å²) in [6, 6.07) is 7.47. The molecule has 5 nitrogen and oxygen atoms in total. The Morgan fingerprint density at radius 3 is 2.52 bits per heavy atom. The molecule has 1 heterocycles. The lowest BCUT2D eigenvalue weighted by atomic mass is 10.0. The fourth-order valence-electron chi connectivity index (χ4n) is 2.79. The standard InChI is InChI=1S/C15H22N2O3S/c1-11-6-8-13(9-7-11)14-5-4-10-17(14)15(18)12(2)16-21(3,19)20/h6-9,12,14,16H,4-5,10H2,1-3H3/t12-,14-/m1/s1. The fraction of sp³-hybridized carbons (Fsp3) is 0.533. The van der Waals surface area contributed by atoms with Crippen molar-refractivity contribution in [1.29, 1.82) is 0 Å². The molecule has 1 amide bonds. The number of hydrogen-bond acceptors (Lipinski definition) is 3. The highest BCUT2D eigenvalue weighted by Crippen LogP contribution is 2.32. The topological polar surface area (TPSA) is 66.5 Å². The third-order valence-electron chi connectivity index (χ3n) is 3.76. The van der Waals surface area contributed by atoms with Crippen molar-refractivity contribution in [2.75, 3.05) is 12.8 Å². The number of nitrogens with zero attached hydrogens (tertiary/aromatic N) is 1. The van der Waals surface area contributed by atoms with Gasteiger partial charge in [0.25, 0.3) is 0 Å². The Morgan fingerprint density at radius 1 is 1.33 bits per heavy atom. The van der Waals surface area contributed by atoms with Crippen LogP contribution in [0.15, 0.2) is 24.3 Å². The molecule has 1 fully saturated rings. The molecule has 0 spiro atoms. The van der Waals surface area contributed by atoms with E-state index in [1.54, 1.807) is 11.8 Å². The number of hydrogen-bond donors (Lipinski definition) is 1. The minimum absolute atomic E-state index is 0.0434. The van der Waals surface area contributed by atoms with Gasteiger partial charge >= 0.3 is 0 Å². The van der Waals surface area contributed by atoms with Crippen LogP contribution < -0.4 is 4.72 Å². The quantitative estimate of drug-likeness (QED) is 0.918. The Hall–Kier alpha value is -1.40. The van der Waals surface area contributed by atoms with Crippen molar-refractivity contribution in [3.8, 4) is 0 Å². The molecule has 0 aliphatic carbocycles. The van der Waals surface area contributed by atoms with Crippen molar-refractivity contribution in [3.63, 3.8) is 0 Å². The van der Waals surface area contributed by atoms with E-state index in [-0.39, 0.29) is 11.9 Å². The lowest BCUT2D eigenvalue weighted by Gasteiger charge is -2.28. The number of aryl methyl sites for hydroxylation is 1. The van der Waals surface area contributed by atoms with Crippen molar-refractivity contribution >= 4 is 15.9 Å². The SMILES string of the molecule is Cc1ccc([C@H]2CCCN2C(=O)[C@@H](C)NS(C)(=O)=O)cc1. The van der Waals surface area contributed by atoms with Crippen LogP contribution >= 0.6 is 0 Å². The van der Waals surface area contributed by atoms with Crippen LogP contribution in [0.5, 0.6) is 0 Å². The Labute approximate surface area is 126 Å². The number of carbonyl (C=O) groups is 1. The van der Waals surface area contributed by atoms with Gasteiger partial charge in [0.1, 0.15) is 0 Å². The van der Waals surface area contributed by atoms with Crippen molar-refractivity contribution in [2.45, 2.75) is 38.8 Å². The number of amides is 1. The van der Waals surface area contributed by atoms with Crippen molar-refractivity contribution < 1.29 is 13.2 Å². The molecule has 116 valence electrons. The van der Waals surface area contributed by atoms with Crippen LogP contribution in [-0.4, -0.2) is 38.1 Å². The molecule has 0 unspecified atom stereocenters. The van der Waals surface area contributed by atoms with Crippen LogP contribution in [0.25, 0.3) is 0 Å². The first-order chi connectivity index (χ1) is 9.78. The molecule has 1 aromatic rings. The lowest BCUT2D eigenvalue weighted by molar-refractivity contribution is -0.133. The maximum atomic E-state index is 12.5. The van der Waals surface area contributed by atoms with Gasteiger partial charge in [-0.25, -0.2) is 13.1 Å². The zero-order valence-corrected chi connectivity index (χ0v) is 13.5. The van der Waals surface area contributed by atoms with Gasteiger partial charge in [-0.3, -0.25) is 4.79 Å². The summed E-state index contributed by atoms with van der Waals surface area (Å²) in [7, 11) is -3.38. The number of carbonyl (C=O) groups excluding carboxylic acids is 1. The van der Waals surface area contributed by atoms with Gasteiger partial charge in [0.05, 0.1) is 18.3 Å². The first kappa shape index (κ1) is 16.0. The minimum Gasteiger partial charge on any atom is -0.334 e. The normalized spacial score (nSPS) is 20.5. The molecule has 0 bridgehead atoms.